The third-order valence-electron chi connectivity index (χ3n) is 7.36. The summed E-state index contributed by atoms with van der Waals surface area (Å²) < 4.78 is 5.61. The number of hydrogen-bond acceptors (Lipinski definition) is 2. The summed E-state index contributed by atoms with van der Waals surface area (Å²) >= 11 is 0. The number of esters is 1. The summed E-state index contributed by atoms with van der Waals surface area (Å²) in [5.74, 6) is 9.44. The lowest BCUT2D eigenvalue weighted by Gasteiger charge is -2.26. The molecule has 31 heavy (non-hydrogen) atoms. The number of ether oxygens (including phenoxy) is 1. The first-order valence-corrected chi connectivity index (χ1v) is 12.7. The molecule has 0 saturated heterocycles. The number of carbonyl (C=O) groups excluding carboxylic acids is 1. The van der Waals surface area contributed by atoms with Gasteiger partial charge in [-0.2, -0.15) is 0 Å². The second-order valence-electron chi connectivity index (χ2n) is 9.62. The Labute approximate surface area is 189 Å². The third kappa shape index (κ3) is 7.88. The van der Waals surface area contributed by atoms with E-state index in [1.165, 1.54) is 51.4 Å². The van der Waals surface area contributed by atoms with Crippen molar-refractivity contribution in [3.63, 3.8) is 0 Å². The number of carbonyl (C=O) groups is 1. The molecule has 0 amide bonds. The number of benzene rings is 1. The molecule has 0 atom stereocenters. The Morgan fingerprint density at radius 3 is 2.29 bits per heavy atom. The number of unbranched alkanes of at least 4 members (excludes halogenated alkanes) is 1. The van der Waals surface area contributed by atoms with Gasteiger partial charge < -0.3 is 4.74 Å². The molecule has 0 bridgehead atoms. The van der Waals surface area contributed by atoms with Gasteiger partial charge in [0.15, 0.2) is 0 Å². The van der Waals surface area contributed by atoms with Gasteiger partial charge in [0.2, 0.25) is 0 Å². The summed E-state index contributed by atoms with van der Waals surface area (Å²) in [6, 6.07) is 7.61. The Hall–Kier alpha value is -2.01. The van der Waals surface area contributed by atoms with Crippen LogP contribution in [0.2, 0.25) is 0 Å². The zero-order valence-corrected chi connectivity index (χ0v) is 19.6. The fourth-order valence-corrected chi connectivity index (χ4v) is 5.08. The normalized spacial score (nSPS) is 26.3. The number of rotatable bonds is 7. The maximum Gasteiger partial charge on any atom is 0.314 e. The second kappa shape index (κ2) is 12.7. The van der Waals surface area contributed by atoms with Crippen molar-refractivity contribution in [3.05, 3.63) is 42.0 Å². The fraction of sp³-hybridized carbons (Fsp3) is 0.621. The van der Waals surface area contributed by atoms with Gasteiger partial charge >= 0.3 is 5.97 Å². The topological polar surface area (TPSA) is 26.3 Å². The molecule has 0 N–H and O–H groups in total. The Kier molecular flexibility index (Phi) is 9.73. The van der Waals surface area contributed by atoms with Gasteiger partial charge in [0, 0.05) is 5.56 Å². The van der Waals surface area contributed by atoms with Gasteiger partial charge in [-0.05, 0) is 99.5 Å². The Balaban J connectivity index is 1.40. The molecule has 0 heterocycles. The van der Waals surface area contributed by atoms with E-state index in [4.69, 9.17) is 4.74 Å². The minimum atomic E-state index is -0.0688. The van der Waals surface area contributed by atoms with Crippen LogP contribution in [-0.2, 0) is 4.79 Å². The van der Waals surface area contributed by atoms with Crippen molar-refractivity contribution in [2.75, 3.05) is 0 Å². The van der Waals surface area contributed by atoms with E-state index in [2.05, 4.69) is 31.8 Å². The first-order valence-electron chi connectivity index (χ1n) is 12.7. The van der Waals surface area contributed by atoms with Gasteiger partial charge in [-0.1, -0.05) is 57.4 Å². The van der Waals surface area contributed by atoms with Crippen molar-refractivity contribution in [2.45, 2.75) is 90.9 Å². The SMILES string of the molecule is CCCC[C@H]1CC[C@H](/C=C/C#Cc2ccc(OC(=O)[C@H]3CC[C@H](CC)CC3)cc2)CC1. The predicted molar refractivity (Wildman–Crippen MR) is 129 cm³/mol. The summed E-state index contributed by atoms with van der Waals surface area (Å²) in [6.45, 7) is 4.52. The Morgan fingerprint density at radius 2 is 1.65 bits per heavy atom. The van der Waals surface area contributed by atoms with Crippen molar-refractivity contribution >= 4 is 5.97 Å². The molecular weight excluding hydrogens is 380 g/mol. The quantitative estimate of drug-likeness (QED) is 0.256. The first-order chi connectivity index (χ1) is 15.2. The fourth-order valence-electron chi connectivity index (χ4n) is 5.08. The third-order valence-corrected chi connectivity index (χ3v) is 7.36. The predicted octanol–water partition coefficient (Wildman–Crippen LogP) is 7.71. The molecule has 1 aromatic rings. The zero-order valence-electron chi connectivity index (χ0n) is 19.6. The van der Waals surface area contributed by atoms with Crippen LogP contribution in [0, 0.1) is 35.5 Å². The first kappa shape index (κ1) is 23.6. The van der Waals surface area contributed by atoms with Crippen LogP contribution in [0.3, 0.4) is 0 Å². The molecule has 0 radical (unpaired) electrons. The van der Waals surface area contributed by atoms with E-state index in [9.17, 15) is 4.79 Å². The monoisotopic (exact) mass is 420 g/mol. The minimum Gasteiger partial charge on any atom is -0.426 e. The van der Waals surface area contributed by atoms with Crippen LogP contribution in [0.1, 0.15) is 96.5 Å². The van der Waals surface area contributed by atoms with Crippen molar-refractivity contribution in [3.8, 4) is 17.6 Å². The van der Waals surface area contributed by atoms with Crippen LogP contribution in [0.4, 0.5) is 0 Å². The maximum absolute atomic E-state index is 12.4. The molecule has 1 aromatic carbocycles. The smallest absolute Gasteiger partial charge is 0.314 e. The average molecular weight is 421 g/mol. The van der Waals surface area contributed by atoms with E-state index < -0.39 is 0 Å². The highest BCUT2D eigenvalue weighted by molar-refractivity contribution is 5.75. The highest BCUT2D eigenvalue weighted by Gasteiger charge is 2.27. The molecule has 0 spiro atoms. The molecule has 2 aliphatic rings. The van der Waals surface area contributed by atoms with Crippen LogP contribution in [0.15, 0.2) is 36.4 Å². The van der Waals surface area contributed by atoms with Crippen molar-refractivity contribution in [1.29, 1.82) is 0 Å². The summed E-state index contributed by atoms with van der Waals surface area (Å²) in [5, 5.41) is 0. The standard InChI is InChI=1S/C29H40O2/c1-3-5-8-24-11-13-25(14-12-24)9-6-7-10-26-17-21-28(22-18-26)31-29(30)27-19-15-23(4-2)16-20-27/h6,9,17-18,21-25,27H,3-5,8,11-16,19-20H2,1-2H3/b9-6+/t23-,24-,25-,27-. The molecule has 2 fully saturated rings. The van der Waals surface area contributed by atoms with Gasteiger partial charge in [-0.25, -0.2) is 0 Å². The van der Waals surface area contributed by atoms with Gasteiger partial charge in [0.25, 0.3) is 0 Å². The molecule has 2 aliphatic carbocycles. The van der Waals surface area contributed by atoms with Gasteiger partial charge in [-0.15, -0.1) is 0 Å². The molecule has 2 saturated carbocycles. The van der Waals surface area contributed by atoms with Crippen molar-refractivity contribution in [1.82, 2.24) is 0 Å². The van der Waals surface area contributed by atoms with E-state index in [1.807, 2.05) is 30.3 Å². The Morgan fingerprint density at radius 1 is 0.968 bits per heavy atom. The van der Waals surface area contributed by atoms with Crippen LogP contribution >= 0.6 is 0 Å². The minimum absolute atomic E-state index is 0.0640. The number of allylic oxidation sites excluding steroid dienone is 2. The van der Waals surface area contributed by atoms with Gasteiger partial charge in [-0.3, -0.25) is 4.79 Å². The highest BCUT2D eigenvalue weighted by atomic mass is 16.5. The average Bonchev–Trinajstić information content (AvgIpc) is 2.82. The lowest BCUT2D eigenvalue weighted by atomic mass is 9.80. The summed E-state index contributed by atoms with van der Waals surface area (Å²) in [5.41, 5.74) is 0.955. The van der Waals surface area contributed by atoms with Crippen molar-refractivity contribution < 1.29 is 9.53 Å². The molecule has 0 aromatic heterocycles. The summed E-state index contributed by atoms with van der Waals surface area (Å²) in [6.07, 6.45) is 19.3. The molecule has 2 heteroatoms. The molecule has 168 valence electrons. The number of hydrogen-bond donors (Lipinski definition) is 0. The lowest BCUT2D eigenvalue weighted by molar-refractivity contribution is -0.140. The second-order valence-corrected chi connectivity index (χ2v) is 9.62. The van der Waals surface area contributed by atoms with Crippen molar-refractivity contribution in [2.24, 2.45) is 23.7 Å². The molecular formula is C29H40O2. The zero-order chi connectivity index (χ0) is 21.9. The van der Waals surface area contributed by atoms with E-state index in [0.717, 1.165) is 43.1 Å². The van der Waals surface area contributed by atoms with E-state index in [1.54, 1.807) is 0 Å². The van der Waals surface area contributed by atoms with Gasteiger partial charge in [0.1, 0.15) is 5.75 Å². The summed E-state index contributed by atoms with van der Waals surface area (Å²) in [4.78, 5) is 12.4. The van der Waals surface area contributed by atoms with E-state index in [0.29, 0.717) is 11.7 Å². The molecule has 0 aliphatic heterocycles. The lowest BCUT2D eigenvalue weighted by Crippen LogP contribution is -2.25. The van der Waals surface area contributed by atoms with Crippen LogP contribution in [0.25, 0.3) is 0 Å². The summed E-state index contributed by atoms with van der Waals surface area (Å²) in [7, 11) is 0. The van der Waals surface area contributed by atoms with Gasteiger partial charge in [0.05, 0.1) is 5.92 Å². The molecule has 3 rings (SSSR count). The largest absolute Gasteiger partial charge is 0.426 e. The van der Waals surface area contributed by atoms with Crippen LogP contribution in [-0.4, -0.2) is 5.97 Å². The van der Waals surface area contributed by atoms with E-state index >= 15 is 0 Å². The van der Waals surface area contributed by atoms with E-state index in [-0.39, 0.29) is 11.9 Å². The molecule has 0 unspecified atom stereocenters. The van der Waals surface area contributed by atoms with Crippen LogP contribution in [0.5, 0.6) is 5.75 Å². The maximum atomic E-state index is 12.4. The highest BCUT2D eigenvalue weighted by Crippen LogP contribution is 2.33. The molecule has 2 nitrogen and oxygen atoms in total. The Bertz CT molecular complexity index is 748. The van der Waals surface area contributed by atoms with Crippen LogP contribution < -0.4 is 4.74 Å².